The molecule has 0 saturated heterocycles. The number of carbonyl (C=O) groups excluding carboxylic acids is 1. The highest BCUT2D eigenvalue weighted by Gasteiger charge is 2.04. The number of hydrogen-bond acceptors (Lipinski definition) is 2. The monoisotopic (exact) mass is 156 g/mol. The summed E-state index contributed by atoms with van der Waals surface area (Å²) < 4.78 is 0. The molecule has 0 radical (unpaired) electrons. The number of nitrogens with two attached hydrogens (primary N) is 1. The van der Waals surface area contributed by atoms with Crippen molar-refractivity contribution in [2.24, 2.45) is 5.73 Å². The summed E-state index contributed by atoms with van der Waals surface area (Å²) in [5.41, 5.74) is 5.03. The van der Waals surface area contributed by atoms with E-state index in [-0.39, 0.29) is 11.9 Å². The highest BCUT2D eigenvalue weighted by atomic mass is 16.1. The fraction of sp³-hybridized carbons (Fsp3) is 0.625. The fourth-order valence-electron chi connectivity index (χ4n) is 0.666. The number of nitrogens with one attached hydrogen (secondary N) is 1. The first kappa shape index (κ1) is 10.2. The predicted molar refractivity (Wildman–Crippen MR) is 46.1 cm³/mol. The van der Waals surface area contributed by atoms with Crippen LogP contribution in [-0.4, -0.2) is 18.5 Å². The van der Waals surface area contributed by atoms with Gasteiger partial charge in [0.25, 0.3) is 0 Å². The van der Waals surface area contributed by atoms with Crippen molar-refractivity contribution in [1.82, 2.24) is 5.32 Å². The standard InChI is InChI=1S/C8H16N2O/c1-3-4-5-6-10-7(2)8(9)11/h3,7,10H,1,4-6H2,2H3,(H2,9,11). The van der Waals surface area contributed by atoms with Crippen molar-refractivity contribution in [2.45, 2.75) is 25.8 Å². The van der Waals surface area contributed by atoms with Crippen LogP contribution in [0, 0.1) is 0 Å². The van der Waals surface area contributed by atoms with Crippen LogP contribution in [-0.2, 0) is 4.79 Å². The second kappa shape index (κ2) is 5.92. The molecule has 3 nitrogen and oxygen atoms in total. The summed E-state index contributed by atoms with van der Waals surface area (Å²) in [6, 6.07) is -0.222. The van der Waals surface area contributed by atoms with Gasteiger partial charge in [0.15, 0.2) is 0 Å². The van der Waals surface area contributed by atoms with E-state index in [1.165, 1.54) is 0 Å². The van der Waals surface area contributed by atoms with Crippen molar-refractivity contribution in [3.8, 4) is 0 Å². The molecule has 0 heterocycles. The van der Waals surface area contributed by atoms with Crippen LogP contribution < -0.4 is 11.1 Å². The lowest BCUT2D eigenvalue weighted by Crippen LogP contribution is -2.39. The number of allylic oxidation sites excluding steroid dienone is 1. The molecule has 0 aliphatic rings. The Hall–Kier alpha value is -0.830. The number of rotatable bonds is 6. The van der Waals surface area contributed by atoms with E-state index in [9.17, 15) is 4.79 Å². The molecule has 1 atom stereocenters. The van der Waals surface area contributed by atoms with Crippen LogP contribution in [0.4, 0.5) is 0 Å². The third-order valence-corrected chi connectivity index (χ3v) is 1.46. The maximum atomic E-state index is 10.5. The lowest BCUT2D eigenvalue weighted by molar-refractivity contribution is -0.119. The van der Waals surface area contributed by atoms with Crippen molar-refractivity contribution < 1.29 is 4.79 Å². The van der Waals surface area contributed by atoms with Crippen molar-refractivity contribution in [3.05, 3.63) is 12.7 Å². The van der Waals surface area contributed by atoms with Gasteiger partial charge in [-0.1, -0.05) is 6.08 Å². The van der Waals surface area contributed by atoms with E-state index in [1.54, 1.807) is 6.92 Å². The highest BCUT2D eigenvalue weighted by Crippen LogP contribution is 1.87. The predicted octanol–water partition coefficient (Wildman–Crippen LogP) is 0.416. The zero-order valence-electron chi connectivity index (χ0n) is 6.97. The van der Waals surface area contributed by atoms with E-state index >= 15 is 0 Å². The number of hydrogen-bond donors (Lipinski definition) is 2. The third-order valence-electron chi connectivity index (χ3n) is 1.46. The number of unbranched alkanes of at least 4 members (excludes halogenated alkanes) is 1. The summed E-state index contributed by atoms with van der Waals surface area (Å²) in [6.45, 7) is 6.17. The van der Waals surface area contributed by atoms with E-state index in [0.717, 1.165) is 19.4 Å². The summed E-state index contributed by atoms with van der Waals surface area (Å²) in [6.07, 6.45) is 3.83. The Labute approximate surface area is 67.7 Å². The SMILES string of the molecule is C=CCCCNC(C)C(N)=O. The summed E-state index contributed by atoms with van der Waals surface area (Å²) in [5, 5.41) is 2.99. The second-order valence-corrected chi connectivity index (χ2v) is 2.51. The van der Waals surface area contributed by atoms with E-state index in [2.05, 4.69) is 11.9 Å². The Morgan fingerprint density at radius 3 is 2.91 bits per heavy atom. The molecule has 64 valence electrons. The minimum absolute atomic E-state index is 0.222. The zero-order chi connectivity index (χ0) is 8.69. The largest absolute Gasteiger partial charge is 0.368 e. The minimum atomic E-state index is -0.302. The normalized spacial score (nSPS) is 12.5. The Bertz CT molecular complexity index is 134. The molecule has 0 rings (SSSR count). The topological polar surface area (TPSA) is 55.1 Å². The molecule has 0 spiro atoms. The third kappa shape index (κ3) is 5.61. The Morgan fingerprint density at radius 2 is 2.45 bits per heavy atom. The lowest BCUT2D eigenvalue weighted by atomic mass is 10.2. The summed E-state index contributed by atoms with van der Waals surface area (Å²) in [5.74, 6) is -0.302. The minimum Gasteiger partial charge on any atom is -0.368 e. The second-order valence-electron chi connectivity index (χ2n) is 2.51. The lowest BCUT2D eigenvalue weighted by Gasteiger charge is -2.08. The van der Waals surface area contributed by atoms with Gasteiger partial charge >= 0.3 is 0 Å². The average Bonchev–Trinajstić information content (AvgIpc) is 1.97. The highest BCUT2D eigenvalue weighted by molar-refractivity contribution is 5.79. The van der Waals surface area contributed by atoms with Crippen LogP contribution in [0.5, 0.6) is 0 Å². The molecule has 11 heavy (non-hydrogen) atoms. The molecular weight excluding hydrogens is 140 g/mol. The van der Waals surface area contributed by atoms with E-state index in [4.69, 9.17) is 5.73 Å². The summed E-state index contributed by atoms with van der Waals surface area (Å²) >= 11 is 0. The molecule has 1 unspecified atom stereocenters. The molecule has 0 aliphatic carbocycles. The van der Waals surface area contributed by atoms with Crippen molar-refractivity contribution in [2.75, 3.05) is 6.54 Å². The van der Waals surface area contributed by atoms with Gasteiger partial charge in [0.05, 0.1) is 6.04 Å². The van der Waals surface area contributed by atoms with Gasteiger partial charge in [-0.15, -0.1) is 6.58 Å². The van der Waals surface area contributed by atoms with E-state index in [1.807, 2.05) is 6.08 Å². The van der Waals surface area contributed by atoms with Crippen LogP contribution in [0.3, 0.4) is 0 Å². The Morgan fingerprint density at radius 1 is 1.82 bits per heavy atom. The van der Waals surface area contributed by atoms with Crippen LogP contribution in [0.1, 0.15) is 19.8 Å². The smallest absolute Gasteiger partial charge is 0.234 e. The number of amides is 1. The average molecular weight is 156 g/mol. The molecule has 0 bridgehead atoms. The number of carbonyl (C=O) groups is 1. The molecule has 0 aromatic heterocycles. The molecule has 0 saturated carbocycles. The van der Waals surface area contributed by atoms with Gasteiger partial charge in [-0.25, -0.2) is 0 Å². The van der Waals surface area contributed by atoms with Gasteiger partial charge in [-0.05, 0) is 26.3 Å². The van der Waals surface area contributed by atoms with Crippen LogP contribution in [0.15, 0.2) is 12.7 Å². The summed E-state index contributed by atoms with van der Waals surface area (Å²) in [7, 11) is 0. The Balaban J connectivity index is 3.24. The van der Waals surface area contributed by atoms with Gasteiger partial charge in [-0.2, -0.15) is 0 Å². The van der Waals surface area contributed by atoms with Crippen LogP contribution in [0.25, 0.3) is 0 Å². The summed E-state index contributed by atoms with van der Waals surface area (Å²) in [4.78, 5) is 10.5. The van der Waals surface area contributed by atoms with Gasteiger partial charge < -0.3 is 11.1 Å². The maximum Gasteiger partial charge on any atom is 0.234 e. The molecule has 1 amide bonds. The van der Waals surface area contributed by atoms with Crippen molar-refractivity contribution in [3.63, 3.8) is 0 Å². The zero-order valence-corrected chi connectivity index (χ0v) is 6.97. The van der Waals surface area contributed by atoms with Crippen LogP contribution in [0.2, 0.25) is 0 Å². The van der Waals surface area contributed by atoms with Crippen LogP contribution >= 0.6 is 0 Å². The van der Waals surface area contributed by atoms with Gasteiger partial charge in [0.1, 0.15) is 0 Å². The molecule has 0 aliphatic heterocycles. The molecule has 3 N–H and O–H groups in total. The van der Waals surface area contributed by atoms with Crippen molar-refractivity contribution >= 4 is 5.91 Å². The first-order chi connectivity index (χ1) is 5.18. The first-order valence-electron chi connectivity index (χ1n) is 3.82. The molecule has 0 fully saturated rings. The van der Waals surface area contributed by atoms with Gasteiger partial charge in [0, 0.05) is 0 Å². The van der Waals surface area contributed by atoms with Gasteiger partial charge in [-0.3, -0.25) is 4.79 Å². The quantitative estimate of drug-likeness (QED) is 0.432. The van der Waals surface area contributed by atoms with Gasteiger partial charge in [0.2, 0.25) is 5.91 Å². The Kier molecular flexibility index (Phi) is 5.47. The maximum absolute atomic E-state index is 10.5. The molecule has 3 heteroatoms. The molecule has 0 aromatic rings. The fourth-order valence-corrected chi connectivity index (χ4v) is 0.666. The number of primary amides is 1. The molecular formula is C8H16N2O. The van der Waals surface area contributed by atoms with E-state index < -0.39 is 0 Å². The molecule has 0 aromatic carbocycles. The van der Waals surface area contributed by atoms with E-state index in [0.29, 0.717) is 0 Å². The first-order valence-corrected chi connectivity index (χ1v) is 3.82. The van der Waals surface area contributed by atoms with Crippen molar-refractivity contribution in [1.29, 1.82) is 0 Å².